The molecule has 72 valence electrons. The first-order chi connectivity index (χ1) is 5.68. The maximum Gasteiger partial charge on any atom is 0.119 e. The van der Waals surface area contributed by atoms with Gasteiger partial charge in [-0.25, -0.2) is 0 Å². The summed E-state index contributed by atoms with van der Waals surface area (Å²) in [4.78, 5) is 0. The van der Waals surface area contributed by atoms with Gasteiger partial charge in [0.25, 0.3) is 0 Å². The Bertz CT molecular complexity index is 269. The summed E-state index contributed by atoms with van der Waals surface area (Å²) < 4.78 is 5.37. The van der Waals surface area contributed by atoms with Crippen LogP contribution in [0.1, 0.15) is 6.92 Å². The largest absolute Gasteiger partial charge is 0.489 e. The molecule has 0 atom stereocenters. The molecule has 0 spiro atoms. The molecule has 0 aliphatic heterocycles. The van der Waals surface area contributed by atoms with Crippen LogP contribution in [0.2, 0.25) is 0 Å². The van der Waals surface area contributed by atoms with E-state index in [-0.39, 0.29) is 12.4 Å². The van der Waals surface area contributed by atoms with Gasteiger partial charge in [-0.05, 0) is 36.8 Å². The number of nitrogen functional groups attached to an aromatic ring is 1. The molecule has 0 radical (unpaired) electrons. The van der Waals surface area contributed by atoms with Crippen molar-refractivity contribution in [3.05, 3.63) is 36.4 Å². The minimum absolute atomic E-state index is 0. The van der Waals surface area contributed by atoms with Crippen LogP contribution >= 0.6 is 12.4 Å². The predicted molar refractivity (Wildman–Crippen MR) is 58.4 cm³/mol. The Hall–Kier alpha value is -1.15. The second kappa shape index (κ2) is 5.49. The first-order valence-electron chi connectivity index (χ1n) is 3.81. The normalized spacial score (nSPS) is 8.69. The standard InChI is InChI=1S/C10H13NO.ClH/c1-8(2)7-12-10-5-3-9(11)4-6-10;/h3-6H,1,7,11H2,2H3;1H. The highest BCUT2D eigenvalue weighted by molar-refractivity contribution is 5.85. The van der Waals surface area contributed by atoms with E-state index in [1.54, 1.807) is 0 Å². The fraction of sp³-hybridized carbons (Fsp3) is 0.200. The van der Waals surface area contributed by atoms with E-state index in [9.17, 15) is 0 Å². The van der Waals surface area contributed by atoms with Crippen molar-refractivity contribution in [1.29, 1.82) is 0 Å². The number of halogens is 1. The summed E-state index contributed by atoms with van der Waals surface area (Å²) in [7, 11) is 0. The van der Waals surface area contributed by atoms with E-state index in [1.807, 2.05) is 31.2 Å². The Labute approximate surface area is 84.8 Å². The summed E-state index contributed by atoms with van der Waals surface area (Å²) in [6, 6.07) is 7.32. The molecule has 0 heterocycles. The molecule has 0 amide bonds. The van der Waals surface area contributed by atoms with Crippen LogP contribution in [0.5, 0.6) is 5.75 Å². The molecule has 0 bridgehead atoms. The molecule has 13 heavy (non-hydrogen) atoms. The zero-order chi connectivity index (χ0) is 8.97. The molecule has 1 rings (SSSR count). The van der Waals surface area contributed by atoms with Crippen molar-refractivity contribution < 1.29 is 4.74 Å². The molecule has 0 aliphatic rings. The molecule has 0 aromatic heterocycles. The molecule has 2 nitrogen and oxygen atoms in total. The van der Waals surface area contributed by atoms with Crippen molar-refractivity contribution in [2.75, 3.05) is 12.3 Å². The van der Waals surface area contributed by atoms with E-state index in [4.69, 9.17) is 10.5 Å². The Morgan fingerprint density at radius 3 is 2.38 bits per heavy atom. The van der Waals surface area contributed by atoms with Crippen LogP contribution in [0.3, 0.4) is 0 Å². The van der Waals surface area contributed by atoms with Crippen molar-refractivity contribution in [1.82, 2.24) is 0 Å². The quantitative estimate of drug-likeness (QED) is 0.600. The molecular weight excluding hydrogens is 186 g/mol. The number of rotatable bonds is 3. The van der Waals surface area contributed by atoms with Gasteiger partial charge in [-0.15, -0.1) is 12.4 Å². The SMILES string of the molecule is C=C(C)COc1ccc(N)cc1.Cl. The molecule has 0 saturated carbocycles. The summed E-state index contributed by atoms with van der Waals surface area (Å²) in [6.07, 6.45) is 0. The molecule has 3 heteroatoms. The van der Waals surface area contributed by atoms with Crippen LogP contribution in [0.25, 0.3) is 0 Å². The summed E-state index contributed by atoms with van der Waals surface area (Å²) in [5.41, 5.74) is 7.26. The Morgan fingerprint density at radius 2 is 1.92 bits per heavy atom. The lowest BCUT2D eigenvalue weighted by atomic mass is 10.3. The third-order valence-electron chi connectivity index (χ3n) is 1.37. The Balaban J connectivity index is 0.00000144. The van der Waals surface area contributed by atoms with Crippen molar-refractivity contribution in [2.24, 2.45) is 0 Å². The van der Waals surface area contributed by atoms with E-state index in [1.165, 1.54) is 0 Å². The highest BCUT2D eigenvalue weighted by atomic mass is 35.5. The summed E-state index contributed by atoms with van der Waals surface area (Å²) in [6.45, 7) is 6.23. The first kappa shape index (κ1) is 11.8. The van der Waals surface area contributed by atoms with Gasteiger partial charge in [0.2, 0.25) is 0 Å². The molecule has 0 saturated heterocycles. The van der Waals surface area contributed by atoms with Gasteiger partial charge in [0.05, 0.1) is 0 Å². The number of nitrogens with two attached hydrogens (primary N) is 1. The minimum atomic E-state index is 0. The average molecular weight is 200 g/mol. The molecule has 2 N–H and O–H groups in total. The fourth-order valence-corrected chi connectivity index (χ4v) is 0.771. The average Bonchev–Trinajstić information content (AvgIpc) is 2.03. The van der Waals surface area contributed by atoms with Crippen LogP contribution in [-0.2, 0) is 0 Å². The van der Waals surface area contributed by atoms with Crippen LogP contribution in [-0.4, -0.2) is 6.61 Å². The lowest BCUT2D eigenvalue weighted by molar-refractivity contribution is 0.353. The number of ether oxygens (including phenoxy) is 1. The molecule has 0 aliphatic carbocycles. The lowest BCUT2D eigenvalue weighted by Gasteiger charge is -2.04. The van der Waals surface area contributed by atoms with Gasteiger partial charge < -0.3 is 10.5 Å². The summed E-state index contributed by atoms with van der Waals surface area (Å²) >= 11 is 0. The zero-order valence-corrected chi connectivity index (χ0v) is 8.43. The maximum absolute atomic E-state index is 5.51. The highest BCUT2D eigenvalue weighted by Gasteiger charge is 1.92. The van der Waals surface area contributed by atoms with Gasteiger partial charge in [0.15, 0.2) is 0 Å². The van der Waals surface area contributed by atoms with Crippen molar-refractivity contribution in [3.8, 4) is 5.75 Å². The molecule has 0 fully saturated rings. The van der Waals surface area contributed by atoms with Gasteiger partial charge in [-0.1, -0.05) is 6.58 Å². The van der Waals surface area contributed by atoms with Gasteiger partial charge in [0, 0.05) is 5.69 Å². The molecule has 0 unspecified atom stereocenters. The van der Waals surface area contributed by atoms with Gasteiger partial charge >= 0.3 is 0 Å². The number of hydrogen-bond acceptors (Lipinski definition) is 2. The number of benzene rings is 1. The van der Waals surface area contributed by atoms with Crippen LogP contribution in [0, 0.1) is 0 Å². The minimum Gasteiger partial charge on any atom is -0.489 e. The molecular formula is C10H14ClNO. The molecule has 1 aromatic rings. The number of anilines is 1. The predicted octanol–water partition coefficient (Wildman–Crippen LogP) is 2.65. The second-order valence-corrected chi connectivity index (χ2v) is 2.81. The van der Waals surface area contributed by atoms with Crippen LogP contribution in [0.15, 0.2) is 36.4 Å². The van der Waals surface area contributed by atoms with Crippen molar-refractivity contribution in [2.45, 2.75) is 6.92 Å². The topological polar surface area (TPSA) is 35.2 Å². The number of hydrogen-bond donors (Lipinski definition) is 1. The van der Waals surface area contributed by atoms with Crippen molar-refractivity contribution >= 4 is 18.1 Å². The van der Waals surface area contributed by atoms with Gasteiger partial charge in [-0.3, -0.25) is 0 Å². The van der Waals surface area contributed by atoms with E-state index in [0.29, 0.717) is 6.61 Å². The van der Waals surface area contributed by atoms with E-state index < -0.39 is 0 Å². The van der Waals surface area contributed by atoms with Gasteiger partial charge in [0.1, 0.15) is 12.4 Å². The molecule has 1 aromatic carbocycles. The highest BCUT2D eigenvalue weighted by Crippen LogP contribution is 2.13. The monoisotopic (exact) mass is 199 g/mol. The first-order valence-corrected chi connectivity index (χ1v) is 3.81. The van der Waals surface area contributed by atoms with Gasteiger partial charge in [-0.2, -0.15) is 0 Å². The van der Waals surface area contributed by atoms with Crippen LogP contribution in [0.4, 0.5) is 5.69 Å². The van der Waals surface area contributed by atoms with Crippen molar-refractivity contribution in [3.63, 3.8) is 0 Å². The lowest BCUT2D eigenvalue weighted by Crippen LogP contribution is -1.97. The second-order valence-electron chi connectivity index (χ2n) is 2.81. The van der Waals surface area contributed by atoms with E-state index in [0.717, 1.165) is 17.0 Å². The third-order valence-corrected chi connectivity index (χ3v) is 1.37. The smallest absolute Gasteiger partial charge is 0.119 e. The Morgan fingerprint density at radius 1 is 1.38 bits per heavy atom. The van der Waals surface area contributed by atoms with E-state index >= 15 is 0 Å². The summed E-state index contributed by atoms with van der Waals surface area (Å²) in [5, 5.41) is 0. The third kappa shape index (κ3) is 4.43. The Kier molecular flexibility index (Phi) is 5.00. The zero-order valence-electron chi connectivity index (χ0n) is 7.62. The maximum atomic E-state index is 5.51. The summed E-state index contributed by atoms with van der Waals surface area (Å²) in [5.74, 6) is 0.826. The fourth-order valence-electron chi connectivity index (χ4n) is 0.771. The van der Waals surface area contributed by atoms with Crippen LogP contribution < -0.4 is 10.5 Å². The van der Waals surface area contributed by atoms with E-state index in [2.05, 4.69) is 6.58 Å².